The average Bonchev–Trinajstić information content (AvgIpc) is 2.62. The van der Waals surface area contributed by atoms with Crippen molar-refractivity contribution in [2.45, 2.75) is 6.92 Å². The molecule has 23 heavy (non-hydrogen) atoms. The summed E-state index contributed by atoms with van der Waals surface area (Å²) in [6, 6.07) is 21.5. The minimum Gasteiger partial charge on any atom is -0.496 e. The maximum Gasteiger partial charge on any atom is 0.262 e. The molecule has 3 nitrogen and oxygen atoms in total. The Morgan fingerprint density at radius 1 is 0.957 bits per heavy atom. The van der Waals surface area contributed by atoms with Gasteiger partial charge in [0.05, 0.1) is 12.7 Å². The Kier molecular flexibility index (Phi) is 4.29. The summed E-state index contributed by atoms with van der Waals surface area (Å²) in [6.45, 7) is 2.57. The number of rotatable bonds is 4. The fourth-order valence-corrected chi connectivity index (χ4v) is 2.75. The zero-order valence-electron chi connectivity index (χ0n) is 13.3. The van der Waals surface area contributed by atoms with Crippen LogP contribution < -0.4 is 9.64 Å². The summed E-state index contributed by atoms with van der Waals surface area (Å²) in [7, 11) is 1.60. The molecule has 0 aliphatic rings. The number of carbonyl (C=O) groups is 1. The molecular formula is C20H19NO2. The second-order valence-corrected chi connectivity index (χ2v) is 5.28. The van der Waals surface area contributed by atoms with Crippen molar-refractivity contribution in [1.82, 2.24) is 0 Å². The van der Waals surface area contributed by atoms with Gasteiger partial charge in [0.15, 0.2) is 0 Å². The zero-order valence-corrected chi connectivity index (χ0v) is 13.3. The number of methoxy groups -OCH3 is 1. The van der Waals surface area contributed by atoms with Crippen LogP contribution in [0.4, 0.5) is 5.69 Å². The number of para-hydroxylation sites is 1. The highest BCUT2D eigenvalue weighted by Crippen LogP contribution is 2.28. The van der Waals surface area contributed by atoms with Crippen LogP contribution in [-0.2, 0) is 0 Å². The highest BCUT2D eigenvalue weighted by molar-refractivity contribution is 6.10. The Bertz CT molecular complexity index is 827. The van der Waals surface area contributed by atoms with Crippen LogP contribution in [0.1, 0.15) is 17.3 Å². The maximum atomic E-state index is 13.0. The van der Waals surface area contributed by atoms with Gasteiger partial charge in [-0.15, -0.1) is 0 Å². The van der Waals surface area contributed by atoms with Crippen molar-refractivity contribution in [3.05, 3.63) is 72.3 Å². The number of hydrogen-bond acceptors (Lipinski definition) is 2. The second-order valence-electron chi connectivity index (χ2n) is 5.28. The number of benzene rings is 3. The van der Waals surface area contributed by atoms with Gasteiger partial charge in [-0.1, -0.05) is 42.5 Å². The summed E-state index contributed by atoms with van der Waals surface area (Å²) in [5.41, 5.74) is 1.46. The van der Waals surface area contributed by atoms with E-state index in [-0.39, 0.29) is 5.91 Å². The first-order valence-corrected chi connectivity index (χ1v) is 7.68. The molecule has 3 heteroatoms. The lowest BCUT2D eigenvalue weighted by Crippen LogP contribution is -2.30. The van der Waals surface area contributed by atoms with Gasteiger partial charge in [0.2, 0.25) is 0 Å². The van der Waals surface area contributed by atoms with Gasteiger partial charge >= 0.3 is 0 Å². The Morgan fingerprint density at radius 2 is 1.57 bits per heavy atom. The fourth-order valence-electron chi connectivity index (χ4n) is 2.75. The lowest BCUT2D eigenvalue weighted by Gasteiger charge is -2.22. The van der Waals surface area contributed by atoms with Gasteiger partial charge in [-0.05, 0) is 42.0 Å². The van der Waals surface area contributed by atoms with E-state index < -0.39 is 0 Å². The van der Waals surface area contributed by atoms with Crippen LogP contribution >= 0.6 is 0 Å². The minimum atomic E-state index is -0.0543. The van der Waals surface area contributed by atoms with Crippen molar-refractivity contribution in [3.8, 4) is 5.75 Å². The van der Waals surface area contributed by atoms with Crippen LogP contribution in [-0.4, -0.2) is 19.6 Å². The smallest absolute Gasteiger partial charge is 0.262 e. The molecule has 1 amide bonds. The quantitative estimate of drug-likeness (QED) is 0.709. The highest BCUT2D eigenvalue weighted by Gasteiger charge is 2.20. The Labute approximate surface area is 136 Å². The predicted octanol–water partition coefficient (Wildman–Crippen LogP) is 4.52. The third-order valence-corrected chi connectivity index (χ3v) is 3.93. The molecule has 3 aromatic rings. The van der Waals surface area contributed by atoms with Crippen LogP contribution in [0.5, 0.6) is 5.75 Å². The summed E-state index contributed by atoms with van der Waals surface area (Å²) in [5.74, 6) is 0.546. The first-order valence-electron chi connectivity index (χ1n) is 7.68. The van der Waals surface area contributed by atoms with Crippen molar-refractivity contribution in [2.24, 2.45) is 0 Å². The van der Waals surface area contributed by atoms with Gasteiger partial charge < -0.3 is 9.64 Å². The molecule has 0 saturated heterocycles. The molecule has 0 N–H and O–H groups in total. The molecular weight excluding hydrogens is 286 g/mol. The van der Waals surface area contributed by atoms with Gasteiger partial charge in [0, 0.05) is 12.2 Å². The fraction of sp³-hybridized carbons (Fsp3) is 0.150. The summed E-state index contributed by atoms with van der Waals surface area (Å²) < 4.78 is 5.46. The standard InChI is InChI=1S/C20H19NO2/c1-3-21(17-11-5-4-6-12-17)20(22)18-13-15-9-7-8-10-16(15)14-19(18)23-2/h4-14H,3H2,1-2H3. The Hall–Kier alpha value is -2.81. The summed E-state index contributed by atoms with van der Waals surface area (Å²) in [5, 5.41) is 2.09. The van der Waals surface area contributed by atoms with Gasteiger partial charge in [-0.2, -0.15) is 0 Å². The van der Waals surface area contributed by atoms with Crippen molar-refractivity contribution in [2.75, 3.05) is 18.6 Å². The van der Waals surface area contributed by atoms with E-state index in [4.69, 9.17) is 4.74 Å². The van der Waals surface area contributed by atoms with E-state index in [1.165, 1.54) is 0 Å². The summed E-state index contributed by atoms with van der Waals surface area (Å²) in [4.78, 5) is 14.8. The van der Waals surface area contributed by atoms with E-state index in [1.54, 1.807) is 12.0 Å². The highest BCUT2D eigenvalue weighted by atomic mass is 16.5. The number of ether oxygens (including phenoxy) is 1. The molecule has 0 spiro atoms. The Morgan fingerprint density at radius 3 is 2.17 bits per heavy atom. The molecule has 0 saturated carbocycles. The summed E-state index contributed by atoms with van der Waals surface area (Å²) >= 11 is 0. The van der Waals surface area contributed by atoms with E-state index in [0.717, 1.165) is 16.5 Å². The molecule has 3 rings (SSSR count). The molecule has 0 heterocycles. The number of nitrogens with zero attached hydrogens (tertiary/aromatic N) is 1. The van der Waals surface area contributed by atoms with Crippen LogP contribution in [0.2, 0.25) is 0 Å². The topological polar surface area (TPSA) is 29.5 Å². The monoisotopic (exact) mass is 305 g/mol. The van der Waals surface area contributed by atoms with E-state index in [1.807, 2.05) is 73.7 Å². The van der Waals surface area contributed by atoms with Crippen molar-refractivity contribution in [3.63, 3.8) is 0 Å². The number of amides is 1. The zero-order chi connectivity index (χ0) is 16.2. The molecule has 0 fully saturated rings. The molecule has 0 radical (unpaired) electrons. The van der Waals surface area contributed by atoms with Gasteiger partial charge in [0.25, 0.3) is 5.91 Å². The average molecular weight is 305 g/mol. The third-order valence-electron chi connectivity index (χ3n) is 3.93. The van der Waals surface area contributed by atoms with Crippen LogP contribution in [0.3, 0.4) is 0 Å². The minimum absolute atomic E-state index is 0.0543. The van der Waals surface area contributed by atoms with E-state index in [9.17, 15) is 4.79 Å². The van der Waals surface area contributed by atoms with E-state index in [0.29, 0.717) is 17.9 Å². The van der Waals surface area contributed by atoms with Crippen LogP contribution in [0, 0.1) is 0 Å². The van der Waals surface area contributed by atoms with Crippen molar-refractivity contribution in [1.29, 1.82) is 0 Å². The third kappa shape index (κ3) is 2.90. The van der Waals surface area contributed by atoms with Crippen LogP contribution in [0.15, 0.2) is 66.7 Å². The Balaban J connectivity index is 2.08. The first-order chi connectivity index (χ1) is 11.2. The molecule has 0 aliphatic carbocycles. The molecule has 3 aromatic carbocycles. The normalized spacial score (nSPS) is 10.5. The lowest BCUT2D eigenvalue weighted by molar-refractivity contribution is 0.0985. The molecule has 0 bridgehead atoms. The van der Waals surface area contributed by atoms with Gasteiger partial charge in [0.1, 0.15) is 5.75 Å². The van der Waals surface area contributed by atoms with Gasteiger partial charge in [-0.25, -0.2) is 0 Å². The summed E-state index contributed by atoms with van der Waals surface area (Å²) in [6.07, 6.45) is 0. The lowest BCUT2D eigenvalue weighted by atomic mass is 10.0. The van der Waals surface area contributed by atoms with E-state index in [2.05, 4.69) is 0 Å². The number of hydrogen-bond donors (Lipinski definition) is 0. The maximum absolute atomic E-state index is 13.0. The molecule has 0 atom stereocenters. The molecule has 0 aromatic heterocycles. The van der Waals surface area contributed by atoms with E-state index >= 15 is 0 Å². The van der Waals surface area contributed by atoms with Crippen molar-refractivity contribution < 1.29 is 9.53 Å². The number of fused-ring (bicyclic) bond motifs is 1. The number of anilines is 1. The molecule has 0 aliphatic heterocycles. The predicted molar refractivity (Wildman–Crippen MR) is 94.3 cm³/mol. The molecule has 0 unspecified atom stereocenters. The SMILES string of the molecule is CCN(C(=O)c1cc2ccccc2cc1OC)c1ccccc1. The number of carbonyl (C=O) groups excluding carboxylic acids is 1. The van der Waals surface area contributed by atoms with Gasteiger partial charge in [-0.3, -0.25) is 4.79 Å². The second kappa shape index (κ2) is 6.53. The first kappa shape index (κ1) is 15.1. The van der Waals surface area contributed by atoms with Crippen LogP contribution in [0.25, 0.3) is 10.8 Å². The van der Waals surface area contributed by atoms with Crippen molar-refractivity contribution >= 4 is 22.4 Å². The molecule has 116 valence electrons. The largest absolute Gasteiger partial charge is 0.496 e.